The second-order valence-corrected chi connectivity index (χ2v) is 9.60. The van der Waals surface area contributed by atoms with Crippen molar-refractivity contribution in [2.75, 3.05) is 25.6 Å². The van der Waals surface area contributed by atoms with Gasteiger partial charge in [-0.25, -0.2) is 17.5 Å². The van der Waals surface area contributed by atoms with Crippen LogP contribution in [0.4, 0.5) is 10.1 Å². The molecule has 0 atom stereocenters. The number of carbonyl (C=O) groups excluding carboxylic acids is 1. The number of nitrogens with zero attached hydrogens (tertiary/aromatic N) is 1. The van der Waals surface area contributed by atoms with Crippen molar-refractivity contribution < 1.29 is 22.3 Å². The normalized spacial score (nSPS) is 13.8. The van der Waals surface area contributed by atoms with Gasteiger partial charge in [0.1, 0.15) is 5.82 Å². The minimum Gasteiger partial charge on any atom is -0.380 e. The second-order valence-electron chi connectivity index (χ2n) is 6.66. The Balaban J connectivity index is 1.76. The van der Waals surface area contributed by atoms with Crippen LogP contribution >= 0.6 is 11.3 Å². The van der Waals surface area contributed by atoms with Gasteiger partial charge in [0.15, 0.2) is 0 Å². The first-order valence-electron chi connectivity index (χ1n) is 8.94. The Labute approximate surface area is 172 Å². The standard InChI is InChI=1S/C20H19FN2O4S2/c1-22-29(25,26)13-6-7-16-12(10-13)8-9-23(16)20(24)19-14(11-27-2)18-15(21)4-3-5-17(18)28-19/h3-7,10,22H,8-9,11H2,1-2H3. The molecule has 0 unspecified atom stereocenters. The largest absolute Gasteiger partial charge is 0.380 e. The van der Waals surface area contributed by atoms with Gasteiger partial charge in [-0.1, -0.05) is 6.07 Å². The van der Waals surface area contributed by atoms with Gasteiger partial charge < -0.3 is 9.64 Å². The van der Waals surface area contributed by atoms with Crippen LogP contribution in [0.2, 0.25) is 0 Å². The zero-order chi connectivity index (χ0) is 20.8. The number of hydrogen-bond acceptors (Lipinski definition) is 5. The van der Waals surface area contributed by atoms with Crippen molar-refractivity contribution in [2.45, 2.75) is 17.9 Å². The number of nitrogens with one attached hydrogen (secondary N) is 1. The number of ether oxygens (including phenoxy) is 1. The van der Waals surface area contributed by atoms with E-state index in [0.29, 0.717) is 39.2 Å². The Morgan fingerprint density at radius 1 is 1.31 bits per heavy atom. The molecular formula is C20H19FN2O4S2. The first kappa shape index (κ1) is 20.0. The number of amides is 1. The lowest BCUT2D eigenvalue weighted by atomic mass is 10.1. The number of methoxy groups -OCH3 is 1. The van der Waals surface area contributed by atoms with Gasteiger partial charge in [0.05, 0.1) is 16.4 Å². The van der Waals surface area contributed by atoms with Gasteiger partial charge in [0.25, 0.3) is 5.91 Å². The maximum Gasteiger partial charge on any atom is 0.268 e. The highest BCUT2D eigenvalue weighted by molar-refractivity contribution is 7.89. The number of halogens is 1. The highest BCUT2D eigenvalue weighted by Crippen LogP contribution is 2.37. The van der Waals surface area contributed by atoms with Crippen LogP contribution in [0, 0.1) is 5.82 Å². The summed E-state index contributed by atoms with van der Waals surface area (Å²) in [7, 11) is -0.691. The molecule has 0 fully saturated rings. The maximum absolute atomic E-state index is 14.4. The monoisotopic (exact) mass is 434 g/mol. The minimum atomic E-state index is -3.56. The number of hydrogen-bond donors (Lipinski definition) is 1. The van der Waals surface area contributed by atoms with E-state index >= 15 is 0 Å². The molecule has 2 aromatic carbocycles. The van der Waals surface area contributed by atoms with E-state index < -0.39 is 10.0 Å². The van der Waals surface area contributed by atoms with E-state index in [1.54, 1.807) is 29.2 Å². The summed E-state index contributed by atoms with van der Waals surface area (Å²) < 4.78 is 46.7. The van der Waals surface area contributed by atoms with Crippen LogP contribution in [0.25, 0.3) is 10.1 Å². The summed E-state index contributed by atoms with van der Waals surface area (Å²) in [6.45, 7) is 0.558. The Morgan fingerprint density at radius 3 is 2.83 bits per heavy atom. The summed E-state index contributed by atoms with van der Waals surface area (Å²) in [4.78, 5) is 15.6. The fourth-order valence-electron chi connectivity index (χ4n) is 3.62. The maximum atomic E-state index is 14.4. The zero-order valence-corrected chi connectivity index (χ0v) is 17.5. The number of carbonyl (C=O) groups is 1. The molecule has 0 spiro atoms. The fraction of sp³-hybridized carbons (Fsp3) is 0.250. The number of anilines is 1. The first-order chi connectivity index (χ1) is 13.9. The number of rotatable bonds is 5. The predicted octanol–water partition coefficient (Wildman–Crippen LogP) is 3.30. The van der Waals surface area contributed by atoms with Gasteiger partial charge in [-0.2, -0.15) is 0 Å². The molecule has 9 heteroatoms. The highest BCUT2D eigenvalue weighted by atomic mass is 32.2. The van der Waals surface area contributed by atoms with Crippen molar-refractivity contribution in [3.05, 3.63) is 58.2 Å². The number of sulfonamides is 1. The third-order valence-electron chi connectivity index (χ3n) is 5.02. The van der Waals surface area contributed by atoms with E-state index in [9.17, 15) is 17.6 Å². The van der Waals surface area contributed by atoms with Crippen LogP contribution in [-0.2, 0) is 27.8 Å². The minimum absolute atomic E-state index is 0.127. The molecule has 0 saturated heterocycles. The van der Waals surface area contributed by atoms with Crippen LogP contribution in [0.15, 0.2) is 41.3 Å². The molecule has 1 amide bonds. The lowest BCUT2D eigenvalue weighted by molar-refractivity contribution is 0.0989. The van der Waals surface area contributed by atoms with Crippen molar-refractivity contribution in [3.8, 4) is 0 Å². The molecule has 0 bridgehead atoms. The van der Waals surface area contributed by atoms with E-state index in [1.165, 1.54) is 37.6 Å². The number of fused-ring (bicyclic) bond motifs is 2. The Kier molecular flexibility index (Phi) is 5.16. The van der Waals surface area contributed by atoms with Crippen molar-refractivity contribution in [1.82, 2.24) is 4.72 Å². The lowest BCUT2D eigenvalue weighted by Gasteiger charge is -2.18. The van der Waals surface area contributed by atoms with Gasteiger partial charge >= 0.3 is 0 Å². The molecule has 1 aliphatic rings. The van der Waals surface area contributed by atoms with Gasteiger partial charge in [0.2, 0.25) is 10.0 Å². The topological polar surface area (TPSA) is 75.7 Å². The van der Waals surface area contributed by atoms with Crippen molar-refractivity contribution in [1.29, 1.82) is 0 Å². The second kappa shape index (κ2) is 7.49. The quantitative estimate of drug-likeness (QED) is 0.669. The molecule has 152 valence electrons. The first-order valence-corrected chi connectivity index (χ1v) is 11.2. The van der Waals surface area contributed by atoms with E-state index in [2.05, 4.69) is 4.72 Å². The van der Waals surface area contributed by atoms with Crippen molar-refractivity contribution >= 4 is 43.0 Å². The van der Waals surface area contributed by atoms with Crippen molar-refractivity contribution in [2.24, 2.45) is 0 Å². The summed E-state index contributed by atoms with van der Waals surface area (Å²) >= 11 is 1.24. The van der Waals surface area contributed by atoms with E-state index in [4.69, 9.17) is 4.74 Å². The van der Waals surface area contributed by atoms with Gasteiger partial charge in [-0.05, 0) is 49.4 Å². The molecule has 1 N–H and O–H groups in total. The fourth-order valence-corrected chi connectivity index (χ4v) is 5.57. The van der Waals surface area contributed by atoms with Gasteiger partial charge in [0, 0.05) is 35.0 Å². The SMILES string of the molecule is CNS(=O)(=O)c1ccc2c(c1)CCN2C(=O)c1sc2cccc(F)c2c1COC. The third-order valence-corrected chi connectivity index (χ3v) is 7.61. The van der Waals surface area contributed by atoms with Crippen LogP contribution < -0.4 is 9.62 Å². The molecule has 2 heterocycles. The van der Waals surface area contributed by atoms with Gasteiger partial charge in [-0.15, -0.1) is 11.3 Å². The van der Waals surface area contributed by atoms with E-state index in [0.717, 1.165) is 5.56 Å². The Hall–Kier alpha value is -2.33. The van der Waals surface area contributed by atoms with Crippen LogP contribution in [0.1, 0.15) is 20.8 Å². The predicted molar refractivity (Wildman–Crippen MR) is 111 cm³/mol. The van der Waals surface area contributed by atoms with Gasteiger partial charge in [-0.3, -0.25) is 4.79 Å². The lowest BCUT2D eigenvalue weighted by Crippen LogP contribution is -2.29. The summed E-state index contributed by atoms with van der Waals surface area (Å²) in [6, 6.07) is 9.50. The van der Waals surface area contributed by atoms with E-state index in [-0.39, 0.29) is 23.2 Å². The molecule has 0 radical (unpaired) electrons. The molecule has 1 aliphatic heterocycles. The van der Waals surface area contributed by atoms with Crippen LogP contribution in [0.3, 0.4) is 0 Å². The summed E-state index contributed by atoms with van der Waals surface area (Å²) in [5.41, 5.74) is 2.00. The smallest absolute Gasteiger partial charge is 0.268 e. The Morgan fingerprint density at radius 2 is 2.10 bits per heavy atom. The molecule has 0 aliphatic carbocycles. The average molecular weight is 435 g/mol. The van der Waals surface area contributed by atoms with Crippen molar-refractivity contribution in [3.63, 3.8) is 0 Å². The Bertz CT molecular complexity index is 1220. The summed E-state index contributed by atoms with van der Waals surface area (Å²) in [5.74, 6) is -0.616. The molecule has 4 rings (SSSR count). The highest BCUT2D eigenvalue weighted by Gasteiger charge is 2.30. The van der Waals surface area contributed by atoms with E-state index in [1.807, 2.05) is 0 Å². The summed E-state index contributed by atoms with van der Waals surface area (Å²) in [5, 5.41) is 0.414. The molecule has 6 nitrogen and oxygen atoms in total. The zero-order valence-electron chi connectivity index (χ0n) is 15.9. The molecular weight excluding hydrogens is 415 g/mol. The summed E-state index contributed by atoms with van der Waals surface area (Å²) in [6.07, 6.45) is 0.549. The van der Waals surface area contributed by atoms with Crippen LogP contribution in [0.5, 0.6) is 0 Å². The molecule has 3 aromatic rings. The third kappa shape index (κ3) is 3.33. The average Bonchev–Trinajstić information content (AvgIpc) is 3.30. The van der Waals surface area contributed by atoms with Crippen LogP contribution in [-0.4, -0.2) is 35.0 Å². The molecule has 29 heavy (non-hydrogen) atoms. The number of benzene rings is 2. The molecule has 1 aromatic heterocycles. The number of thiophene rings is 1. The molecule has 0 saturated carbocycles.